The molecule has 1 aromatic rings. The van der Waals surface area contributed by atoms with E-state index in [2.05, 4.69) is 0 Å². The highest BCUT2D eigenvalue weighted by Crippen LogP contribution is 2.32. The monoisotopic (exact) mass is 286 g/mol. The van der Waals surface area contributed by atoms with Gasteiger partial charge in [0.15, 0.2) is 11.5 Å². The van der Waals surface area contributed by atoms with E-state index in [0.29, 0.717) is 24.7 Å². The van der Waals surface area contributed by atoms with Gasteiger partial charge in [-0.3, -0.25) is 0 Å². The zero-order valence-corrected chi connectivity index (χ0v) is 11.6. The second-order valence-electron chi connectivity index (χ2n) is 4.27. The van der Waals surface area contributed by atoms with E-state index in [-0.39, 0.29) is 18.0 Å². The number of hydrogen-bond acceptors (Lipinski definition) is 5. The fourth-order valence-corrected chi connectivity index (χ4v) is 2.99. The maximum Gasteiger partial charge on any atom is 0.242 e. The normalized spacial score (nSPS) is 15.3. The second kappa shape index (κ2) is 5.77. The van der Waals surface area contributed by atoms with Crippen LogP contribution in [0.1, 0.15) is 6.42 Å². The summed E-state index contributed by atoms with van der Waals surface area (Å²) in [5, 5.41) is 0. The lowest BCUT2D eigenvalue weighted by Crippen LogP contribution is -2.31. The van der Waals surface area contributed by atoms with Gasteiger partial charge in [-0.1, -0.05) is 0 Å². The number of fused-ring (bicyclic) bond motifs is 1. The molecule has 0 aliphatic carbocycles. The molecule has 2 N–H and O–H groups in total. The van der Waals surface area contributed by atoms with E-state index in [0.717, 1.165) is 6.42 Å². The van der Waals surface area contributed by atoms with Gasteiger partial charge < -0.3 is 15.2 Å². The Balaban J connectivity index is 2.33. The largest absolute Gasteiger partial charge is 0.490 e. The van der Waals surface area contributed by atoms with Crippen LogP contribution in [0.15, 0.2) is 23.1 Å². The van der Waals surface area contributed by atoms with Crippen molar-refractivity contribution in [3.63, 3.8) is 0 Å². The van der Waals surface area contributed by atoms with Crippen molar-refractivity contribution in [2.75, 3.05) is 33.4 Å². The van der Waals surface area contributed by atoms with Gasteiger partial charge >= 0.3 is 0 Å². The molecule has 1 aliphatic heterocycles. The molecule has 0 bridgehead atoms. The molecule has 0 amide bonds. The van der Waals surface area contributed by atoms with E-state index in [4.69, 9.17) is 15.2 Å². The third-order valence-electron chi connectivity index (χ3n) is 2.87. The molecule has 6 nitrogen and oxygen atoms in total. The fourth-order valence-electron chi connectivity index (χ4n) is 1.79. The van der Waals surface area contributed by atoms with Gasteiger partial charge in [0, 0.05) is 32.6 Å². The van der Waals surface area contributed by atoms with E-state index in [9.17, 15) is 8.42 Å². The Kier molecular flexibility index (Phi) is 4.28. The molecule has 0 unspecified atom stereocenters. The van der Waals surface area contributed by atoms with Crippen LogP contribution in [0.3, 0.4) is 0 Å². The SMILES string of the molecule is CN(CCN)S(=O)(=O)c1ccc2c(c1)OCCCO2. The van der Waals surface area contributed by atoms with Crippen LogP contribution < -0.4 is 15.2 Å². The van der Waals surface area contributed by atoms with E-state index in [1.54, 1.807) is 6.07 Å². The number of rotatable bonds is 4. The van der Waals surface area contributed by atoms with Crippen LogP contribution in [0.4, 0.5) is 0 Å². The second-order valence-corrected chi connectivity index (χ2v) is 6.32. The molecule has 0 aromatic heterocycles. The molecule has 0 radical (unpaired) electrons. The Labute approximate surface area is 113 Å². The van der Waals surface area contributed by atoms with Gasteiger partial charge in [0.2, 0.25) is 10.0 Å². The molecule has 0 saturated carbocycles. The van der Waals surface area contributed by atoms with Gasteiger partial charge in [0.1, 0.15) is 0 Å². The van der Waals surface area contributed by atoms with Crippen LogP contribution in [0.25, 0.3) is 0 Å². The minimum Gasteiger partial charge on any atom is -0.490 e. The van der Waals surface area contributed by atoms with Crippen molar-refractivity contribution in [2.45, 2.75) is 11.3 Å². The lowest BCUT2D eigenvalue weighted by molar-refractivity contribution is 0.297. The maximum atomic E-state index is 12.3. The topological polar surface area (TPSA) is 81.9 Å². The third kappa shape index (κ3) is 2.99. The number of benzene rings is 1. The number of likely N-dealkylation sites (N-methyl/N-ethyl adjacent to an activating group) is 1. The van der Waals surface area contributed by atoms with Gasteiger partial charge in [-0.15, -0.1) is 0 Å². The van der Waals surface area contributed by atoms with E-state index >= 15 is 0 Å². The molecule has 0 fully saturated rings. The lowest BCUT2D eigenvalue weighted by Gasteiger charge is -2.17. The van der Waals surface area contributed by atoms with Crippen LogP contribution in [0.2, 0.25) is 0 Å². The van der Waals surface area contributed by atoms with Crippen LogP contribution in [-0.4, -0.2) is 46.1 Å². The summed E-state index contributed by atoms with van der Waals surface area (Å²) in [6.07, 6.45) is 0.782. The van der Waals surface area contributed by atoms with Gasteiger partial charge in [-0.2, -0.15) is 4.31 Å². The zero-order chi connectivity index (χ0) is 13.9. The van der Waals surface area contributed by atoms with Crippen molar-refractivity contribution in [1.29, 1.82) is 0 Å². The van der Waals surface area contributed by atoms with E-state index in [1.165, 1.54) is 23.5 Å². The maximum absolute atomic E-state index is 12.3. The standard InChI is InChI=1S/C12H18N2O4S/c1-14(6-5-13)19(15,16)10-3-4-11-12(9-10)18-8-2-7-17-11/h3-4,9H,2,5-8,13H2,1H3. The summed E-state index contributed by atoms with van der Waals surface area (Å²) in [5.74, 6) is 1.05. The van der Waals surface area contributed by atoms with E-state index in [1.807, 2.05) is 0 Å². The predicted octanol–water partition coefficient (Wildman–Crippen LogP) is 0.427. The quantitative estimate of drug-likeness (QED) is 0.868. The van der Waals surface area contributed by atoms with Crippen molar-refractivity contribution in [3.05, 3.63) is 18.2 Å². The first-order valence-electron chi connectivity index (χ1n) is 6.12. The molecule has 7 heteroatoms. The average molecular weight is 286 g/mol. The third-order valence-corrected chi connectivity index (χ3v) is 4.72. The van der Waals surface area contributed by atoms with Gasteiger partial charge in [-0.05, 0) is 12.1 Å². The summed E-state index contributed by atoms with van der Waals surface area (Å²) in [7, 11) is -2.02. The molecule has 1 aromatic carbocycles. The Morgan fingerprint density at radius 2 is 1.95 bits per heavy atom. The number of nitrogens with zero attached hydrogens (tertiary/aromatic N) is 1. The number of nitrogens with two attached hydrogens (primary N) is 1. The highest BCUT2D eigenvalue weighted by molar-refractivity contribution is 7.89. The van der Waals surface area contributed by atoms with Crippen molar-refractivity contribution in [2.24, 2.45) is 5.73 Å². The van der Waals surface area contributed by atoms with Crippen LogP contribution >= 0.6 is 0 Å². The molecular weight excluding hydrogens is 268 g/mol. The van der Waals surface area contributed by atoms with Crippen LogP contribution in [-0.2, 0) is 10.0 Å². The Morgan fingerprint density at radius 1 is 1.26 bits per heavy atom. The summed E-state index contributed by atoms with van der Waals surface area (Å²) in [5.41, 5.74) is 5.38. The molecule has 2 rings (SSSR count). The van der Waals surface area contributed by atoms with E-state index < -0.39 is 10.0 Å². The van der Waals surface area contributed by atoms with Crippen molar-refractivity contribution < 1.29 is 17.9 Å². The minimum atomic E-state index is -3.53. The van der Waals surface area contributed by atoms with Gasteiger partial charge in [0.05, 0.1) is 18.1 Å². The molecule has 1 aliphatic rings. The summed E-state index contributed by atoms with van der Waals surface area (Å²) in [4.78, 5) is 0.188. The fraction of sp³-hybridized carbons (Fsp3) is 0.500. The number of ether oxygens (including phenoxy) is 2. The van der Waals surface area contributed by atoms with Crippen LogP contribution in [0, 0.1) is 0 Å². The van der Waals surface area contributed by atoms with Crippen molar-refractivity contribution in [1.82, 2.24) is 4.31 Å². The zero-order valence-electron chi connectivity index (χ0n) is 10.8. The Morgan fingerprint density at radius 3 is 2.63 bits per heavy atom. The van der Waals surface area contributed by atoms with Gasteiger partial charge in [0.25, 0.3) is 0 Å². The van der Waals surface area contributed by atoms with Crippen molar-refractivity contribution in [3.8, 4) is 11.5 Å². The Hall–Kier alpha value is -1.31. The molecular formula is C12H18N2O4S. The summed E-state index contributed by atoms with van der Waals surface area (Å²) >= 11 is 0. The highest BCUT2D eigenvalue weighted by Gasteiger charge is 2.22. The summed E-state index contributed by atoms with van der Waals surface area (Å²) in [6.45, 7) is 1.65. The molecule has 1 heterocycles. The molecule has 0 atom stereocenters. The summed E-state index contributed by atoms with van der Waals surface area (Å²) in [6, 6.07) is 4.66. The van der Waals surface area contributed by atoms with Crippen LogP contribution in [0.5, 0.6) is 11.5 Å². The first-order chi connectivity index (χ1) is 9.05. The number of hydrogen-bond donors (Lipinski definition) is 1. The highest BCUT2D eigenvalue weighted by atomic mass is 32.2. The molecule has 0 saturated heterocycles. The van der Waals surface area contributed by atoms with Gasteiger partial charge in [-0.25, -0.2) is 8.42 Å². The molecule has 106 valence electrons. The summed E-state index contributed by atoms with van der Waals surface area (Å²) < 4.78 is 36.7. The minimum absolute atomic E-state index is 0.188. The first-order valence-corrected chi connectivity index (χ1v) is 7.56. The first kappa shape index (κ1) is 14.1. The molecule has 0 spiro atoms. The molecule has 19 heavy (non-hydrogen) atoms. The lowest BCUT2D eigenvalue weighted by atomic mass is 10.3. The Bertz CT molecular complexity index is 545. The smallest absolute Gasteiger partial charge is 0.242 e. The predicted molar refractivity (Wildman–Crippen MR) is 70.9 cm³/mol. The van der Waals surface area contributed by atoms with Crippen molar-refractivity contribution >= 4 is 10.0 Å². The number of sulfonamides is 1. The average Bonchev–Trinajstić information content (AvgIpc) is 2.63.